The van der Waals surface area contributed by atoms with Crippen molar-refractivity contribution in [2.45, 2.75) is 0 Å². The van der Waals surface area contributed by atoms with E-state index in [2.05, 4.69) is 5.32 Å². The highest BCUT2D eigenvalue weighted by molar-refractivity contribution is 6.33. The molecule has 0 atom stereocenters. The maximum Gasteiger partial charge on any atom is 0.300 e. The summed E-state index contributed by atoms with van der Waals surface area (Å²) in [6, 6.07) is 4.14. The van der Waals surface area contributed by atoms with Crippen LogP contribution in [0.5, 0.6) is 0 Å². The van der Waals surface area contributed by atoms with Gasteiger partial charge in [-0.1, -0.05) is 17.7 Å². The van der Waals surface area contributed by atoms with Crippen molar-refractivity contribution >= 4 is 29.1 Å². The second kappa shape index (κ2) is 5.23. The number of para-hydroxylation sites is 1. The molecular formula is C11H10ClN3O4. The molecule has 1 aliphatic rings. The molecule has 19 heavy (non-hydrogen) atoms. The van der Waals surface area contributed by atoms with E-state index in [9.17, 15) is 19.7 Å². The van der Waals surface area contributed by atoms with E-state index >= 15 is 0 Å². The average Bonchev–Trinajstić information content (AvgIpc) is 2.37. The van der Waals surface area contributed by atoms with Crippen molar-refractivity contribution in [1.82, 2.24) is 10.2 Å². The number of piperazine rings is 1. The van der Waals surface area contributed by atoms with Crippen LogP contribution in [0.15, 0.2) is 18.2 Å². The van der Waals surface area contributed by atoms with E-state index in [1.807, 2.05) is 0 Å². The molecule has 2 amide bonds. The third kappa shape index (κ3) is 2.65. The predicted molar refractivity (Wildman–Crippen MR) is 67.0 cm³/mol. The van der Waals surface area contributed by atoms with Crippen LogP contribution in [0.25, 0.3) is 0 Å². The van der Waals surface area contributed by atoms with Gasteiger partial charge in [-0.25, -0.2) is 0 Å². The SMILES string of the molecule is O=C1CN(C(=O)c2cccc(Cl)c2[N+](=O)[O-])CCN1. The number of hydrogen-bond acceptors (Lipinski definition) is 4. The number of nitro groups is 1. The van der Waals surface area contributed by atoms with E-state index in [1.54, 1.807) is 0 Å². The molecule has 0 spiro atoms. The van der Waals surface area contributed by atoms with Crippen molar-refractivity contribution in [2.24, 2.45) is 0 Å². The highest BCUT2D eigenvalue weighted by Gasteiger charge is 2.29. The molecule has 1 fully saturated rings. The van der Waals surface area contributed by atoms with Crippen molar-refractivity contribution in [3.63, 3.8) is 0 Å². The fraction of sp³-hybridized carbons (Fsp3) is 0.273. The number of nitro benzene ring substituents is 1. The van der Waals surface area contributed by atoms with Gasteiger partial charge < -0.3 is 10.2 Å². The van der Waals surface area contributed by atoms with Crippen molar-refractivity contribution in [3.8, 4) is 0 Å². The van der Waals surface area contributed by atoms with E-state index in [0.29, 0.717) is 13.1 Å². The van der Waals surface area contributed by atoms with Gasteiger partial charge in [0, 0.05) is 13.1 Å². The van der Waals surface area contributed by atoms with Crippen molar-refractivity contribution in [3.05, 3.63) is 38.9 Å². The Labute approximate surface area is 113 Å². The van der Waals surface area contributed by atoms with Crippen LogP contribution in [-0.4, -0.2) is 41.3 Å². The van der Waals surface area contributed by atoms with Gasteiger partial charge in [0.15, 0.2) is 0 Å². The molecule has 0 unspecified atom stereocenters. The lowest BCUT2D eigenvalue weighted by Gasteiger charge is -2.26. The van der Waals surface area contributed by atoms with Crippen LogP contribution in [0.2, 0.25) is 5.02 Å². The van der Waals surface area contributed by atoms with Crippen LogP contribution >= 0.6 is 11.6 Å². The molecule has 100 valence electrons. The molecule has 1 aliphatic heterocycles. The van der Waals surface area contributed by atoms with E-state index in [0.717, 1.165) is 0 Å². The lowest BCUT2D eigenvalue weighted by atomic mass is 10.1. The van der Waals surface area contributed by atoms with Crippen LogP contribution in [0.4, 0.5) is 5.69 Å². The summed E-state index contributed by atoms with van der Waals surface area (Å²) < 4.78 is 0. The Kier molecular flexibility index (Phi) is 3.66. The van der Waals surface area contributed by atoms with Crippen LogP contribution < -0.4 is 5.32 Å². The minimum absolute atomic E-state index is 0.0997. The van der Waals surface area contributed by atoms with Crippen LogP contribution in [0, 0.1) is 10.1 Å². The zero-order valence-electron chi connectivity index (χ0n) is 9.76. The topological polar surface area (TPSA) is 92.5 Å². The number of nitrogens with zero attached hydrogens (tertiary/aromatic N) is 2. The molecule has 1 heterocycles. The van der Waals surface area contributed by atoms with Gasteiger partial charge >= 0.3 is 5.69 Å². The Morgan fingerprint density at radius 2 is 2.21 bits per heavy atom. The smallest absolute Gasteiger partial charge is 0.300 e. The number of rotatable bonds is 2. The highest BCUT2D eigenvalue weighted by atomic mass is 35.5. The molecule has 0 bridgehead atoms. The number of nitrogens with one attached hydrogen (secondary N) is 1. The van der Waals surface area contributed by atoms with Crippen molar-refractivity contribution < 1.29 is 14.5 Å². The normalized spacial score (nSPS) is 15.0. The number of hydrogen-bond donors (Lipinski definition) is 1. The summed E-state index contributed by atoms with van der Waals surface area (Å²) in [5.74, 6) is -0.853. The first-order chi connectivity index (χ1) is 9.00. The molecule has 8 heteroatoms. The summed E-state index contributed by atoms with van der Waals surface area (Å²) in [4.78, 5) is 35.0. The number of amides is 2. The lowest BCUT2D eigenvalue weighted by molar-refractivity contribution is -0.385. The number of carbonyl (C=O) groups is 2. The molecule has 0 aromatic heterocycles. The Morgan fingerprint density at radius 1 is 1.47 bits per heavy atom. The Bertz CT molecular complexity index is 561. The van der Waals surface area contributed by atoms with Crippen molar-refractivity contribution in [2.75, 3.05) is 19.6 Å². The van der Waals surface area contributed by atoms with Gasteiger partial charge in [0.1, 0.15) is 10.6 Å². The molecular weight excluding hydrogens is 274 g/mol. The quantitative estimate of drug-likeness (QED) is 0.642. The summed E-state index contributed by atoms with van der Waals surface area (Å²) in [5, 5.41) is 13.4. The van der Waals surface area contributed by atoms with Gasteiger partial charge in [0.05, 0.1) is 11.5 Å². The van der Waals surface area contributed by atoms with Crippen LogP contribution in [0.1, 0.15) is 10.4 Å². The molecule has 0 saturated carbocycles. The molecule has 1 aromatic carbocycles. The second-order valence-corrected chi connectivity index (χ2v) is 4.38. The summed E-state index contributed by atoms with van der Waals surface area (Å²) in [5.41, 5.74) is -0.535. The lowest BCUT2D eigenvalue weighted by Crippen LogP contribution is -2.50. The zero-order chi connectivity index (χ0) is 14.0. The van der Waals surface area contributed by atoms with Gasteiger partial charge in [-0.05, 0) is 12.1 Å². The third-order valence-corrected chi connectivity index (χ3v) is 3.03. The van der Waals surface area contributed by atoms with Crippen LogP contribution in [0.3, 0.4) is 0 Å². The average molecular weight is 284 g/mol. The van der Waals surface area contributed by atoms with Crippen molar-refractivity contribution in [1.29, 1.82) is 0 Å². The first-order valence-corrected chi connectivity index (χ1v) is 5.87. The fourth-order valence-corrected chi connectivity index (χ4v) is 2.10. The number of carbonyl (C=O) groups excluding carboxylic acids is 2. The molecule has 1 aromatic rings. The van der Waals surface area contributed by atoms with Gasteiger partial charge in [-0.15, -0.1) is 0 Å². The zero-order valence-corrected chi connectivity index (χ0v) is 10.5. The Hall–Kier alpha value is -2.15. The van der Waals surface area contributed by atoms with E-state index in [-0.39, 0.29) is 23.0 Å². The highest BCUT2D eigenvalue weighted by Crippen LogP contribution is 2.29. The fourth-order valence-electron chi connectivity index (χ4n) is 1.86. The van der Waals surface area contributed by atoms with E-state index < -0.39 is 16.5 Å². The Balaban J connectivity index is 2.36. The molecule has 7 nitrogen and oxygen atoms in total. The summed E-state index contributed by atoms with van der Waals surface area (Å²) in [7, 11) is 0. The first-order valence-electron chi connectivity index (χ1n) is 5.49. The van der Waals surface area contributed by atoms with E-state index in [4.69, 9.17) is 11.6 Å². The molecule has 0 radical (unpaired) electrons. The monoisotopic (exact) mass is 283 g/mol. The summed E-state index contributed by atoms with van der Waals surface area (Å²) in [6.07, 6.45) is 0. The molecule has 2 rings (SSSR count). The summed E-state index contributed by atoms with van der Waals surface area (Å²) >= 11 is 5.74. The Morgan fingerprint density at radius 3 is 2.84 bits per heavy atom. The van der Waals surface area contributed by atoms with Gasteiger partial charge in [0.25, 0.3) is 5.91 Å². The molecule has 1 N–H and O–H groups in total. The molecule has 0 aliphatic carbocycles. The standard InChI is InChI=1S/C11H10ClN3O4/c12-8-3-1-2-7(10(8)15(18)19)11(17)14-5-4-13-9(16)6-14/h1-3H,4-6H2,(H,13,16). The predicted octanol–water partition coefficient (Wildman–Crippen LogP) is 0.820. The molecule has 1 saturated heterocycles. The third-order valence-electron chi connectivity index (χ3n) is 2.73. The number of halogens is 1. The number of benzene rings is 1. The summed E-state index contributed by atoms with van der Waals surface area (Å²) in [6.45, 7) is 0.537. The first kappa shape index (κ1) is 13.3. The van der Waals surface area contributed by atoms with Gasteiger partial charge in [-0.3, -0.25) is 19.7 Å². The maximum atomic E-state index is 12.2. The largest absolute Gasteiger partial charge is 0.353 e. The minimum Gasteiger partial charge on any atom is -0.353 e. The maximum absolute atomic E-state index is 12.2. The van der Waals surface area contributed by atoms with E-state index in [1.165, 1.54) is 23.1 Å². The van der Waals surface area contributed by atoms with Gasteiger partial charge in [-0.2, -0.15) is 0 Å². The van der Waals surface area contributed by atoms with Gasteiger partial charge in [0.2, 0.25) is 5.91 Å². The minimum atomic E-state index is -0.695. The second-order valence-electron chi connectivity index (χ2n) is 3.97. The van der Waals surface area contributed by atoms with Crippen LogP contribution in [-0.2, 0) is 4.79 Å².